The van der Waals surface area contributed by atoms with E-state index in [0.29, 0.717) is 17.9 Å². The number of allylic oxidation sites excluding steroid dienone is 2. The van der Waals surface area contributed by atoms with Crippen LogP contribution in [0.4, 0.5) is 0 Å². The van der Waals surface area contributed by atoms with Crippen LogP contribution in [0.15, 0.2) is 40.6 Å². The molecule has 2 nitrogen and oxygen atoms in total. The Kier molecular flexibility index (Phi) is 3.88. The van der Waals surface area contributed by atoms with E-state index in [1.54, 1.807) is 0 Å². The molecule has 0 aromatic heterocycles. The average Bonchev–Trinajstić information content (AvgIpc) is 2.73. The van der Waals surface area contributed by atoms with Crippen LogP contribution in [-0.2, 0) is 11.2 Å². The summed E-state index contributed by atoms with van der Waals surface area (Å²) in [6, 6.07) is 8.40. The first-order chi connectivity index (χ1) is 8.67. The predicted octanol–water partition coefficient (Wildman–Crippen LogP) is 4.22. The highest BCUT2D eigenvalue weighted by Gasteiger charge is 2.21. The molecule has 1 aromatic carbocycles. The first-order valence-electron chi connectivity index (χ1n) is 5.91. The molecule has 0 spiro atoms. The lowest BCUT2D eigenvalue weighted by Gasteiger charge is -2.09. The van der Waals surface area contributed by atoms with Gasteiger partial charge in [0.25, 0.3) is 0 Å². The van der Waals surface area contributed by atoms with Gasteiger partial charge < -0.3 is 4.74 Å². The van der Waals surface area contributed by atoms with Crippen LogP contribution >= 0.6 is 15.9 Å². The van der Waals surface area contributed by atoms with Crippen LogP contribution in [0.5, 0.6) is 0 Å². The third-order valence-electron chi connectivity index (χ3n) is 3.05. The zero-order valence-corrected chi connectivity index (χ0v) is 11.9. The summed E-state index contributed by atoms with van der Waals surface area (Å²) in [6.07, 6.45) is 1.84. The molecular weight excluding hydrogens is 290 g/mol. The van der Waals surface area contributed by atoms with Gasteiger partial charge in [-0.25, -0.2) is 0 Å². The maximum Gasteiger partial charge on any atom is 0.130 e. The molecule has 92 valence electrons. The number of aryl methyl sites for hydroxylation is 1. The molecule has 0 unspecified atom stereocenters. The van der Waals surface area contributed by atoms with Crippen LogP contribution in [0.3, 0.4) is 0 Å². The Bertz CT molecular complexity index is 566. The average molecular weight is 304 g/mol. The number of fused-ring (bicyclic) bond motifs is 1. The van der Waals surface area contributed by atoms with Crippen molar-refractivity contribution in [2.45, 2.75) is 19.8 Å². The van der Waals surface area contributed by atoms with Gasteiger partial charge in [0, 0.05) is 4.47 Å². The maximum atomic E-state index is 9.31. The van der Waals surface area contributed by atoms with E-state index in [2.05, 4.69) is 40.7 Å². The van der Waals surface area contributed by atoms with Crippen LogP contribution in [0, 0.1) is 11.3 Å². The molecule has 1 aliphatic rings. The third kappa shape index (κ3) is 2.34. The van der Waals surface area contributed by atoms with Gasteiger partial charge in [-0.1, -0.05) is 28.6 Å². The molecule has 0 fully saturated rings. The second-order valence-electron chi connectivity index (χ2n) is 4.12. The molecule has 2 rings (SSSR count). The van der Waals surface area contributed by atoms with Gasteiger partial charge in [-0.05, 0) is 48.6 Å². The zero-order chi connectivity index (χ0) is 13.1. The van der Waals surface area contributed by atoms with Crippen molar-refractivity contribution in [1.82, 2.24) is 0 Å². The minimum Gasteiger partial charge on any atom is -0.493 e. The maximum absolute atomic E-state index is 9.31. The van der Waals surface area contributed by atoms with Crippen molar-refractivity contribution in [1.29, 1.82) is 5.26 Å². The Morgan fingerprint density at radius 1 is 1.50 bits per heavy atom. The normalized spacial score (nSPS) is 15.8. The number of hydrogen-bond acceptors (Lipinski definition) is 2. The quantitative estimate of drug-likeness (QED) is 0.618. The van der Waals surface area contributed by atoms with Gasteiger partial charge in [0.2, 0.25) is 0 Å². The molecule has 0 heterocycles. The van der Waals surface area contributed by atoms with E-state index in [4.69, 9.17) is 4.74 Å². The second kappa shape index (κ2) is 5.41. The minimum atomic E-state index is 0.478. The largest absolute Gasteiger partial charge is 0.493 e. The molecule has 18 heavy (non-hydrogen) atoms. The fourth-order valence-corrected chi connectivity index (χ4v) is 2.67. The minimum absolute atomic E-state index is 0.478. The Morgan fingerprint density at radius 2 is 2.28 bits per heavy atom. The fraction of sp³-hybridized carbons (Fsp3) is 0.267. The standard InChI is InChI=1S/C15H14BrNO/c1-3-18-10(2)15(9-17)14-6-4-11-8-12(16)5-7-13(11)14/h5,7-8H,2-4,6H2,1H3/b15-14+. The third-order valence-corrected chi connectivity index (χ3v) is 3.54. The van der Waals surface area contributed by atoms with E-state index in [9.17, 15) is 5.26 Å². The Hall–Kier alpha value is -1.53. The van der Waals surface area contributed by atoms with Crippen molar-refractivity contribution in [3.8, 4) is 6.07 Å². The van der Waals surface area contributed by atoms with Crippen LogP contribution in [0.25, 0.3) is 5.57 Å². The van der Waals surface area contributed by atoms with Gasteiger partial charge in [-0.2, -0.15) is 5.26 Å². The van der Waals surface area contributed by atoms with Gasteiger partial charge in [0.15, 0.2) is 0 Å². The summed E-state index contributed by atoms with van der Waals surface area (Å²) < 4.78 is 6.44. The van der Waals surface area contributed by atoms with Crippen molar-refractivity contribution in [3.63, 3.8) is 0 Å². The molecule has 0 radical (unpaired) electrons. The molecule has 1 aromatic rings. The molecule has 0 saturated heterocycles. The summed E-state index contributed by atoms with van der Waals surface area (Å²) in [5.41, 5.74) is 4.06. The summed E-state index contributed by atoms with van der Waals surface area (Å²) in [5.74, 6) is 0.478. The molecular formula is C15H14BrNO. The highest BCUT2D eigenvalue weighted by molar-refractivity contribution is 9.10. The van der Waals surface area contributed by atoms with Crippen LogP contribution < -0.4 is 0 Å². The topological polar surface area (TPSA) is 33.0 Å². The number of rotatable bonds is 3. The SMILES string of the molecule is C=C(OCC)/C(C#N)=C1\CCc2cc(Br)ccc21. The number of halogens is 1. The summed E-state index contributed by atoms with van der Waals surface area (Å²) >= 11 is 3.47. The number of hydrogen-bond donors (Lipinski definition) is 0. The lowest BCUT2D eigenvalue weighted by atomic mass is 10.0. The lowest BCUT2D eigenvalue weighted by molar-refractivity contribution is 0.241. The van der Waals surface area contributed by atoms with E-state index in [1.807, 2.05) is 13.0 Å². The molecule has 0 N–H and O–H groups in total. The lowest BCUT2D eigenvalue weighted by Crippen LogP contribution is -1.96. The highest BCUT2D eigenvalue weighted by atomic mass is 79.9. The van der Waals surface area contributed by atoms with E-state index in [0.717, 1.165) is 28.5 Å². The molecule has 0 saturated carbocycles. The van der Waals surface area contributed by atoms with E-state index in [1.165, 1.54) is 5.56 Å². The van der Waals surface area contributed by atoms with Crippen molar-refractivity contribution < 1.29 is 4.74 Å². The number of nitriles is 1. The highest BCUT2D eigenvalue weighted by Crippen LogP contribution is 2.37. The van der Waals surface area contributed by atoms with E-state index < -0.39 is 0 Å². The summed E-state index contributed by atoms with van der Waals surface area (Å²) in [4.78, 5) is 0. The molecule has 1 aliphatic carbocycles. The van der Waals surface area contributed by atoms with Crippen LogP contribution in [0.1, 0.15) is 24.5 Å². The van der Waals surface area contributed by atoms with Gasteiger partial charge in [0.1, 0.15) is 11.8 Å². The Balaban J connectivity index is 2.48. The summed E-state index contributed by atoms with van der Waals surface area (Å²) in [7, 11) is 0. The van der Waals surface area contributed by atoms with Crippen LogP contribution in [0.2, 0.25) is 0 Å². The molecule has 0 atom stereocenters. The number of nitrogens with zero attached hydrogens (tertiary/aromatic N) is 1. The van der Waals surface area contributed by atoms with Crippen molar-refractivity contribution in [3.05, 3.63) is 51.7 Å². The summed E-state index contributed by atoms with van der Waals surface area (Å²) in [5, 5.41) is 9.31. The number of benzene rings is 1. The Morgan fingerprint density at radius 3 is 2.94 bits per heavy atom. The molecule has 0 aliphatic heterocycles. The van der Waals surface area contributed by atoms with Crippen molar-refractivity contribution in [2.24, 2.45) is 0 Å². The molecule has 3 heteroatoms. The van der Waals surface area contributed by atoms with Crippen molar-refractivity contribution >= 4 is 21.5 Å². The summed E-state index contributed by atoms with van der Waals surface area (Å²) in [6.45, 7) is 6.26. The first kappa shape index (κ1) is 12.9. The second-order valence-corrected chi connectivity index (χ2v) is 5.04. The van der Waals surface area contributed by atoms with Crippen molar-refractivity contribution in [2.75, 3.05) is 6.61 Å². The van der Waals surface area contributed by atoms with Gasteiger partial charge in [-0.3, -0.25) is 0 Å². The van der Waals surface area contributed by atoms with E-state index >= 15 is 0 Å². The van der Waals surface area contributed by atoms with Gasteiger partial charge >= 0.3 is 0 Å². The first-order valence-corrected chi connectivity index (χ1v) is 6.70. The Labute approximate surface area is 116 Å². The number of ether oxygens (including phenoxy) is 1. The monoisotopic (exact) mass is 303 g/mol. The smallest absolute Gasteiger partial charge is 0.130 e. The molecule has 0 amide bonds. The van der Waals surface area contributed by atoms with Crippen LogP contribution in [-0.4, -0.2) is 6.61 Å². The fourth-order valence-electron chi connectivity index (χ4n) is 2.26. The molecule has 0 bridgehead atoms. The van der Waals surface area contributed by atoms with Gasteiger partial charge in [-0.15, -0.1) is 0 Å². The van der Waals surface area contributed by atoms with Gasteiger partial charge in [0.05, 0.1) is 12.2 Å². The zero-order valence-electron chi connectivity index (χ0n) is 10.3. The predicted molar refractivity (Wildman–Crippen MR) is 75.8 cm³/mol. The van der Waals surface area contributed by atoms with E-state index in [-0.39, 0.29) is 0 Å².